The first-order chi connectivity index (χ1) is 15.9. The molecule has 4 rings (SSSR count). The van der Waals surface area contributed by atoms with Crippen LogP contribution in [0.2, 0.25) is 0 Å². The molecule has 5 nitrogen and oxygen atoms in total. The molecule has 1 saturated heterocycles. The molecule has 2 amide bonds. The van der Waals surface area contributed by atoms with E-state index < -0.39 is 0 Å². The van der Waals surface area contributed by atoms with Gasteiger partial charge in [0.1, 0.15) is 0 Å². The number of rotatable bonds is 6. The fraction of sp³-hybridized carbons (Fsp3) is 0.357. The molecule has 0 N–H and O–H groups in total. The molecular formula is C28H32N2O3. The van der Waals surface area contributed by atoms with Crippen LogP contribution >= 0.6 is 0 Å². The van der Waals surface area contributed by atoms with Gasteiger partial charge in [0.2, 0.25) is 0 Å². The lowest BCUT2D eigenvalue weighted by Crippen LogP contribution is -2.51. The maximum absolute atomic E-state index is 13.6. The number of benzene rings is 3. The average Bonchev–Trinajstić information content (AvgIpc) is 2.82. The number of ether oxygens (including phenoxy) is 1. The lowest BCUT2D eigenvalue weighted by molar-refractivity contribution is -0.0340. The van der Waals surface area contributed by atoms with Crippen LogP contribution in [0.15, 0.2) is 66.7 Å². The van der Waals surface area contributed by atoms with Gasteiger partial charge < -0.3 is 14.5 Å². The molecule has 1 aliphatic heterocycles. The summed E-state index contributed by atoms with van der Waals surface area (Å²) < 4.78 is 6.02. The maximum Gasteiger partial charge on any atom is 0.254 e. The molecule has 5 heteroatoms. The molecule has 1 atom stereocenters. The van der Waals surface area contributed by atoms with Crippen LogP contribution in [0.3, 0.4) is 0 Å². The Morgan fingerprint density at radius 2 is 1.70 bits per heavy atom. The van der Waals surface area contributed by atoms with Crippen LogP contribution in [0.25, 0.3) is 10.8 Å². The molecule has 0 aliphatic carbocycles. The topological polar surface area (TPSA) is 49.9 Å². The van der Waals surface area contributed by atoms with E-state index in [2.05, 4.69) is 13.8 Å². The zero-order valence-electron chi connectivity index (χ0n) is 19.7. The summed E-state index contributed by atoms with van der Waals surface area (Å²) in [5, 5.41) is 2.01. The van der Waals surface area contributed by atoms with E-state index in [1.54, 1.807) is 0 Å². The molecule has 0 spiro atoms. The predicted molar refractivity (Wildman–Crippen MR) is 132 cm³/mol. The smallest absolute Gasteiger partial charge is 0.254 e. The highest BCUT2D eigenvalue weighted by Crippen LogP contribution is 2.22. The molecule has 3 aromatic rings. The highest BCUT2D eigenvalue weighted by Gasteiger charge is 2.29. The molecule has 33 heavy (non-hydrogen) atoms. The summed E-state index contributed by atoms with van der Waals surface area (Å²) in [5.74, 6) is 0.348. The minimum atomic E-state index is -0.218. The Labute approximate surface area is 195 Å². The highest BCUT2D eigenvalue weighted by atomic mass is 16.5. The zero-order valence-corrected chi connectivity index (χ0v) is 19.7. The lowest BCUT2D eigenvalue weighted by atomic mass is 10.0. The van der Waals surface area contributed by atoms with Gasteiger partial charge in [-0.2, -0.15) is 0 Å². The van der Waals surface area contributed by atoms with E-state index in [9.17, 15) is 9.59 Å². The summed E-state index contributed by atoms with van der Waals surface area (Å²) >= 11 is 0. The number of fused-ring (bicyclic) bond motifs is 1. The van der Waals surface area contributed by atoms with Crippen molar-refractivity contribution in [1.29, 1.82) is 0 Å². The largest absolute Gasteiger partial charge is 0.373 e. The third-order valence-corrected chi connectivity index (χ3v) is 6.12. The minimum Gasteiger partial charge on any atom is -0.373 e. The van der Waals surface area contributed by atoms with Crippen LogP contribution in [-0.2, 0) is 4.74 Å². The van der Waals surface area contributed by atoms with E-state index in [-0.39, 0.29) is 17.9 Å². The molecule has 3 aromatic carbocycles. The number of hydrogen-bond donors (Lipinski definition) is 0. The summed E-state index contributed by atoms with van der Waals surface area (Å²) in [6, 6.07) is 21.5. The van der Waals surface area contributed by atoms with Gasteiger partial charge in [-0.05, 0) is 41.3 Å². The fourth-order valence-electron chi connectivity index (χ4n) is 4.51. The van der Waals surface area contributed by atoms with Crippen LogP contribution in [0, 0.1) is 12.8 Å². The molecule has 1 fully saturated rings. The SMILES string of the molecule is Cc1ccccc1C(=O)N1CCO[C@@H](CN(CC(C)C)C(=O)c2cccc3ccccc23)C1. The van der Waals surface area contributed by atoms with E-state index >= 15 is 0 Å². The van der Waals surface area contributed by atoms with Gasteiger partial charge >= 0.3 is 0 Å². The van der Waals surface area contributed by atoms with Crippen LogP contribution in [-0.4, -0.2) is 60.5 Å². The Morgan fingerprint density at radius 3 is 2.48 bits per heavy atom. The third-order valence-electron chi connectivity index (χ3n) is 6.12. The second-order valence-corrected chi connectivity index (χ2v) is 9.19. The van der Waals surface area contributed by atoms with Gasteiger partial charge in [-0.1, -0.05) is 68.4 Å². The monoisotopic (exact) mass is 444 g/mol. The molecule has 0 radical (unpaired) electrons. The number of carbonyl (C=O) groups is 2. The molecular weight excluding hydrogens is 412 g/mol. The molecule has 0 unspecified atom stereocenters. The van der Waals surface area contributed by atoms with Gasteiger partial charge in [0.25, 0.3) is 11.8 Å². The third kappa shape index (κ3) is 5.25. The molecule has 1 heterocycles. The molecule has 0 aromatic heterocycles. The van der Waals surface area contributed by atoms with E-state index in [4.69, 9.17) is 4.74 Å². The Bertz CT molecular complexity index is 1140. The number of morpholine rings is 1. The Balaban J connectivity index is 1.53. The predicted octanol–water partition coefficient (Wildman–Crippen LogP) is 4.79. The summed E-state index contributed by atoms with van der Waals surface area (Å²) in [7, 11) is 0. The van der Waals surface area contributed by atoms with Gasteiger partial charge in [-0.25, -0.2) is 0 Å². The van der Waals surface area contributed by atoms with Crippen molar-refractivity contribution >= 4 is 22.6 Å². The van der Waals surface area contributed by atoms with E-state index in [0.29, 0.717) is 44.3 Å². The van der Waals surface area contributed by atoms with Crippen LogP contribution in [0.5, 0.6) is 0 Å². The van der Waals surface area contributed by atoms with Gasteiger partial charge in [-0.15, -0.1) is 0 Å². The van der Waals surface area contributed by atoms with Gasteiger partial charge in [-0.3, -0.25) is 9.59 Å². The highest BCUT2D eigenvalue weighted by molar-refractivity contribution is 6.07. The van der Waals surface area contributed by atoms with Crippen LogP contribution in [0.1, 0.15) is 40.1 Å². The van der Waals surface area contributed by atoms with E-state index in [1.165, 1.54) is 0 Å². The number of aryl methyl sites for hydroxylation is 1. The molecule has 0 saturated carbocycles. The molecule has 1 aliphatic rings. The summed E-state index contributed by atoms with van der Waals surface area (Å²) in [4.78, 5) is 30.5. The average molecular weight is 445 g/mol. The standard InChI is InChI=1S/C28H32N2O3/c1-20(2)17-30(28(32)26-14-8-11-22-10-5-7-13-25(22)26)19-23-18-29(15-16-33-23)27(31)24-12-6-4-9-21(24)3/h4-14,20,23H,15-19H2,1-3H3/t23-/m1/s1. The van der Waals surface area contributed by atoms with Crippen molar-refractivity contribution in [2.24, 2.45) is 5.92 Å². The Hall–Kier alpha value is -3.18. The summed E-state index contributed by atoms with van der Waals surface area (Å²) in [5.41, 5.74) is 2.40. The number of carbonyl (C=O) groups excluding carboxylic acids is 2. The van der Waals surface area contributed by atoms with Crippen molar-refractivity contribution in [3.05, 3.63) is 83.4 Å². The van der Waals surface area contributed by atoms with Crippen molar-refractivity contribution in [2.45, 2.75) is 26.9 Å². The van der Waals surface area contributed by atoms with Gasteiger partial charge in [0.05, 0.1) is 12.7 Å². The quantitative estimate of drug-likeness (QED) is 0.549. The maximum atomic E-state index is 13.6. The Kier molecular flexibility index (Phi) is 7.09. The van der Waals surface area contributed by atoms with Gasteiger partial charge in [0.15, 0.2) is 0 Å². The normalized spacial score (nSPS) is 16.2. The van der Waals surface area contributed by atoms with Gasteiger partial charge in [0, 0.05) is 37.3 Å². The zero-order chi connectivity index (χ0) is 23.4. The fourth-order valence-corrected chi connectivity index (χ4v) is 4.51. The van der Waals surface area contributed by atoms with Crippen molar-refractivity contribution in [3.63, 3.8) is 0 Å². The summed E-state index contributed by atoms with van der Waals surface area (Å²) in [6.45, 7) is 8.78. The lowest BCUT2D eigenvalue weighted by Gasteiger charge is -2.36. The molecule has 172 valence electrons. The number of nitrogens with zero attached hydrogens (tertiary/aromatic N) is 2. The van der Waals surface area contributed by atoms with Crippen LogP contribution in [0.4, 0.5) is 0 Å². The van der Waals surface area contributed by atoms with E-state index in [1.807, 2.05) is 83.5 Å². The first kappa shape index (κ1) is 23.0. The first-order valence-electron chi connectivity index (χ1n) is 11.7. The van der Waals surface area contributed by atoms with Crippen LogP contribution < -0.4 is 0 Å². The first-order valence-corrected chi connectivity index (χ1v) is 11.7. The Morgan fingerprint density at radius 1 is 1.00 bits per heavy atom. The van der Waals surface area contributed by atoms with Crippen molar-refractivity contribution in [2.75, 3.05) is 32.8 Å². The second-order valence-electron chi connectivity index (χ2n) is 9.19. The number of amides is 2. The number of hydrogen-bond acceptors (Lipinski definition) is 3. The van der Waals surface area contributed by atoms with Crippen molar-refractivity contribution in [3.8, 4) is 0 Å². The van der Waals surface area contributed by atoms with Crippen molar-refractivity contribution < 1.29 is 14.3 Å². The van der Waals surface area contributed by atoms with E-state index in [0.717, 1.165) is 21.9 Å². The second kappa shape index (κ2) is 10.2. The van der Waals surface area contributed by atoms with Crippen molar-refractivity contribution in [1.82, 2.24) is 9.80 Å². The minimum absolute atomic E-state index is 0.00598. The summed E-state index contributed by atoms with van der Waals surface area (Å²) in [6.07, 6.45) is -0.218. The molecule has 0 bridgehead atoms.